The number of rotatable bonds is 8. The van der Waals surface area contributed by atoms with Gasteiger partial charge in [0, 0.05) is 27.2 Å². The molecule has 2 aromatic rings. The van der Waals surface area contributed by atoms with Crippen molar-refractivity contribution in [1.29, 1.82) is 0 Å². The maximum Gasteiger partial charge on any atom is 0.191 e. The molecular formula is C23H33IN4O. The van der Waals surface area contributed by atoms with E-state index in [1.54, 1.807) is 7.11 Å². The second kappa shape index (κ2) is 12.8. The van der Waals surface area contributed by atoms with Crippen molar-refractivity contribution in [2.75, 3.05) is 33.8 Å². The normalized spacial score (nSPS) is 15.6. The molecule has 1 aliphatic rings. The Balaban J connectivity index is 0.00000300. The molecule has 2 aromatic carbocycles. The number of hydrogen-bond acceptors (Lipinski definition) is 3. The Bertz CT molecular complexity index is 730. The molecule has 1 atom stereocenters. The lowest BCUT2D eigenvalue weighted by molar-refractivity contribution is 0.185. The van der Waals surface area contributed by atoms with Crippen LogP contribution in [0.2, 0.25) is 0 Å². The number of nitrogens with one attached hydrogen (secondary N) is 2. The summed E-state index contributed by atoms with van der Waals surface area (Å²) in [4.78, 5) is 6.97. The zero-order valence-corrected chi connectivity index (χ0v) is 19.8. The molecule has 1 saturated heterocycles. The van der Waals surface area contributed by atoms with Crippen LogP contribution in [0.5, 0.6) is 0 Å². The highest BCUT2D eigenvalue weighted by atomic mass is 127. The summed E-state index contributed by atoms with van der Waals surface area (Å²) < 4.78 is 5.17. The number of likely N-dealkylation sites (tertiary alicyclic amines) is 1. The Morgan fingerprint density at radius 1 is 1.00 bits per heavy atom. The van der Waals surface area contributed by atoms with Gasteiger partial charge < -0.3 is 15.4 Å². The Hall–Kier alpha value is -1.64. The van der Waals surface area contributed by atoms with Gasteiger partial charge in [-0.05, 0) is 42.6 Å². The number of hydrogen-bond donors (Lipinski definition) is 2. The summed E-state index contributed by atoms with van der Waals surface area (Å²) in [6.45, 7) is 4.57. The van der Waals surface area contributed by atoms with Gasteiger partial charge >= 0.3 is 0 Å². The van der Waals surface area contributed by atoms with Crippen molar-refractivity contribution in [1.82, 2.24) is 15.5 Å². The van der Waals surface area contributed by atoms with Gasteiger partial charge in [-0.3, -0.25) is 9.89 Å². The van der Waals surface area contributed by atoms with Gasteiger partial charge in [0.25, 0.3) is 0 Å². The minimum absolute atomic E-state index is 0. The summed E-state index contributed by atoms with van der Waals surface area (Å²) in [5.41, 5.74) is 3.77. The third kappa shape index (κ3) is 7.28. The molecule has 0 bridgehead atoms. The molecule has 1 heterocycles. The maximum atomic E-state index is 5.17. The zero-order valence-electron chi connectivity index (χ0n) is 17.4. The van der Waals surface area contributed by atoms with E-state index in [2.05, 4.69) is 75.1 Å². The van der Waals surface area contributed by atoms with Crippen molar-refractivity contribution in [3.63, 3.8) is 0 Å². The van der Waals surface area contributed by atoms with E-state index in [1.165, 1.54) is 42.6 Å². The molecule has 0 aliphatic carbocycles. The van der Waals surface area contributed by atoms with Crippen molar-refractivity contribution in [3.8, 4) is 0 Å². The molecule has 29 heavy (non-hydrogen) atoms. The SMILES string of the molecule is CN=C(NCc1ccc(COC)cc1)NCC(c1ccccc1)N1CCCC1.I. The molecule has 158 valence electrons. The molecule has 2 N–H and O–H groups in total. The third-order valence-corrected chi connectivity index (χ3v) is 5.25. The molecule has 0 spiro atoms. The van der Waals surface area contributed by atoms with Crippen LogP contribution in [0, 0.1) is 0 Å². The fraction of sp³-hybridized carbons (Fsp3) is 0.435. The predicted octanol–water partition coefficient (Wildman–Crippen LogP) is 3.95. The van der Waals surface area contributed by atoms with Crippen molar-refractivity contribution < 1.29 is 4.74 Å². The molecular weight excluding hydrogens is 475 g/mol. The largest absolute Gasteiger partial charge is 0.380 e. The van der Waals surface area contributed by atoms with Gasteiger partial charge in [0.1, 0.15) is 0 Å². The number of aliphatic imine (C=N–C) groups is 1. The topological polar surface area (TPSA) is 48.9 Å². The van der Waals surface area contributed by atoms with Crippen LogP contribution in [0.1, 0.15) is 35.6 Å². The highest BCUT2D eigenvalue weighted by Crippen LogP contribution is 2.24. The second-order valence-corrected chi connectivity index (χ2v) is 7.23. The van der Waals surface area contributed by atoms with Crippen LogP contribution < -0.4 is 10.6 Å². The Labute approximate surface area is 192 Å². The minimum Gasteiger partial charge on any atom is -0.380 e. The first-order valence-electron chi connectivity index (χ1n) is 10.1. The molecule has 0 saturated carbocycles. The van der Waals surface area contributed by atoms with Crippen LogP contribution >= 0.6 is 24.0 Å². The van der Waals surface area contributed by atoms with Gasteiger partial charge in [-0.15, -0.1) is 24.0 Å². The van der Waals surface area contributed by atoms with Gasteiger partial charge in [0.05, 0.1) is 12.6 Å². The second-order valence-electron chi connectivity index (χ2n) is 7.23. The van der Waals surface area contributed by atoms with Gasteiger partial charge in [0.15, 0.2) is 5.96 Å². The fourth-order valence-electron chi connectivity index (χ4n) is 3.71. The van der Waals surface area contributed by atoms with E-state index >= 15 is 0 Å². The molecule has 3 rings (SSSR count). The smallest absolute Gasteiger partial charge is 0.191 e. The quantitative estimate of drug-likeness (QED) is 0.322. The van der Waals surface area contributed by atoms with Crippen molar-refractivity contribution in [2.24, 2.45) is 4.99 Å². The summed E-state index contributed by atoms with van der Waals surface area (Å²) in [5.74, 6) is 0.834. The summed E-state index contributed by atoms with van der Waals surface area (Å²) in [5, 5.41) is 6.95. The summed E-state index contributed by atoms with van der Waals surface area (Å²) in [6.07, 6.45) is 2.57. The zero-order chi connectivity index (χ0) is 19.6. The highest BCUT2D eigenvalue weighted by molar-refractivity contribution is 14.0. The number of halogens is 1. The molecule has 0 radical (unpaired) electrons. The van der Waals surface area contributed by atoms with E-state index in [1.807, 2.05) is 7.05 Å². The number of benzene rings is 2. The molecule has 0 amide bonds. The summed E-state index contributed by atoms with van der Waals surface area (Å²) >= 11 is 0. The fourth-order valence-corrected chi connectivity index (χ4v) is 3.71. The van der Waals surface area contributed by atoms with Gasteiger partial charge in [-0.25, -0.2) is 0 Å². The third-order valence-electron chi connectivity index (χ3n) is 5.25. The van der Waals surface area contributed by atoms with Gasteiger partial charge in [0.2, 0.25) is 0 Å². The van der Waals surface area contributed by atoms with E-state index in [-0.39, 0.29) is 24.0 Å². The Morgan fingerprint density at radius 2 is 1.66 bits per heavy atom. The first-order chi connectivity index (χ1) is 13.8. The van der Waals surface area contributed by atoms with Crippen LogP contribution in [0.3, 0.4) is 0 Å². The first-order valence-corrected chi connectivity index (χ1v) is 10.1. The predicted molar refractivity (Wildman–Crippen MR) is 131 cm³/mol. The first kappa shape index (κ1) is 23.6. The lowest BCUT2D eigenvalue weighted by Gasteiger charge is -2.29. The van der Waals surface area contributed by atoms with Crippen molar-refractivity contribution in [2.45, 2.75) is 32.0 Å². The van der Waals surface area contributed by atoms with Crippen LogP contribution in [0.15, 0.2) is 59.6 Å². The monoisotopic (exact) mass is 508 g/mol. The summed E-state index contributed by atoms with van der Waals surface area (Å²) in [6, 6.07) is 19.6. The Morgan fingerprint density at radius 3 is 2.28 bits per heavy atom. The van der Waals surface area contributed by atoms with E-state index in [4.69, 9.17) is 4.74 Å². The minimum atomic E-state index is 0. The van der Waals surface area contributed by atoms with Crippen LogP contribution in [-0.4, -0.2) is 44.7 Å². The van der Waals surface area contributed by atoms with E-state index in [9.17, 15) is 0 Å². The van der Waals surface area contributed by atoms with Crippen LogP contribution in [-0.2, 0) is 17.9 Å². The number of nitrogens with zero attached hydrogens (tertiary/aromatic N) is 2. The lowest BCUT2D eigenvalue weighted by atomic mass is 10.1. The highest BCUT2D eigenvalue weighted by Gasteiger charge is 2.23. The van der Waals surface area contributed by atoms with E-state index < -0.39 is 0 Å². The van der Waals surface area contributed by atoms with Crippen LogP contribution in [0.4, 0.5) is 0 Å². The molecule has 5 nitrogen and oxygen atoms in total. The van der Waals surface area contributed by atoms with Gasteiger partial charge in [-0.2, -0.15) is 0 Å². The van der Waals surface area contributed by atoms with Crippen LogP contribution in [0.25, 0.3) is 0 Å². The maximum absolute atomic E-state index is 5.17. The standard InChI is InChI=1S/C23H32N4O.HI/c1-24-23(25-16-19-10-12-20(13-11-19)18-28-2)26-17-22(27-14-6-7-15-27)21-8-4-3-5-9-21;/h3-5,8-13,22H,6-7,14-18H2,1-2H3,(H2,24,25,26);1H. The van der Waals surface area contributed by atoms with Crippen molar-refractivity contribution >= 4 is 29.9 Å². The Kier molecular flexibility index (Phi) is 10.5. The molecule has 0 aromatic heterocycles. The number of methoxy groups -OCH3 is 1. The average molecular weight is 508 g/mol. The molecule has 1 aliphatic heterocycles. The lowest BCUT2D eigenvalue weighted by Crippen LogP contribution is -2.42. The molecule has 6 heteroatoms. The van der Waals surface area contributed by atoms with E-state index in [0.717, 1.165) is 19.0 Å². The number of guanidine groups is 1. The van der Waals surface area contributed by atoms with E-state index in [0.29, 0.717) is 12.6 Å². The number of ether oxygens (including phenoxy) is 1. The van der Waals surface area contributed by atoms with Crippen molar-refractivity contribution in [3.05, 3.63) is 71.3 Å². The summed E-state index contributed by atoms with van der Waals surface area (Å²) in [7, 11) is 3.54. The molecule has 1 unspecified atom stereocenters. The average Bonchev–Trinajstić information content (AvgIpc) is 3.27. The van der Waals surface area contributed by atoms with Gasteiger partial charge in [-0.1, -0.05) is 54.6 Å². The molecule has 1 fully saturated rings.